The molecule has 226 valence electrons. The molecule has 6 nitrogen and oxygen atoms in total. The van der Waals surface area contributed by atoms with Crippen LogP contribution in [0.2, 0.25) is 0 Å². The number of halogens is 7. The van der Waals surface area contributed by atoms with Crippen LogP contribution < -0.4 is 19.9 Å². The first-order valence-corrected chi connectivity index (χ1v) is 13.7. The predicted molar refractivity (Wildman–Crippen MR) is 144 cm³/mol. The van der Waals surface area contributed by atoms with Crippen LogP contribution in [0, 0.1) is 12.7 Å². The number of benzene rings is 2. The molecular formula is C29H30F7N5O. The molecule has 0 bridgehead atoms. The summed E-state index contributed by atoms with van der Waals surface area (Å²) in [5.41, 5.74) is -0.224. The van der Waals surface area contributed by atoms with Gasteiger partial charge in [0, 0.05) is 43.6 Å². The van der Waals surface area contributed by atoms with Crippen LogP contribution in [-0.2, 0) is 12.4 Å². The Balaban J connectivity index is 1.14. The van der Waals surface area contributed by atoms with Crippen LogP contribution in [0.4, 0.5) is 47.9 Å². The Labute approximate surface area is 238 Å². The summed E-state index contributed by atoms with van der Waals surface area (Å²) >= 11 is 0. The summed E-state index contributed by atoms with van der Waals surface area (Å²) in [6.45, 7) is 4.34. The van der Waals surface area contributed by atoms with Gasteiger partial charge in [0.1, 0.15) is 24.1 Å². The molecule has 42 heavy (non-hydrogen) atoms. The number of nitrogens with one attached hydrogen (secondary N) is 1. The van der Waals surface area contributed by atoms with Gasteiger partial charge < -0.3 is 19.9 Å². The zero-order chi connectivity index (χ0) is 30.1. The molecule has 2 aliphatic rings. The second kappa shape index (κ2) is 11.8. The molecule has 13 heteroatoms. The van der Waals surface area contributed by atoms with Gasteiger partial charge in [-0.05, 0) is 75.1 Å². The molecule has 1 aliphatic heterocycles. The third-order valence-corrected chi connectivity index (χ3v) is 7.75. The first-order valence-electron chi connectivity index (χ1n) is 13.7. The van der Waals surface area contributed by atoms with E-state index in [9.17, 15) is 30.7 Å². The molecule has 2 aromatic carbocycles. The zero-order valence-corrected chi connectivity index (χ0v) is 22.8. The number of alkyl halides is 6. The highest BCUT2D eigenvalue weighted by atomic mass is 19.4. The molecule has 1 aromatic heterocycles. The third kappa shape index (κ3) is 6.81. The summed E-state index contributed by atoms with van der Waals surface area (Å²) in [5.74, 6) is -0.0973. The quantitative estimate of drug-likeness (QED) is 0.306. The van der Waals surface area contributed by atoms with Crippen molar-refractivity contribution in [2.24, 2.45) is 0 Å². The molecule has 1 saturated carbocycles. The van der Waals surface area contributed by atoms with Crippen LogP contribution in [-0.4, -0.2) is 48.3 Å². The number of nitrogens with zero attached hydrogens (tertiary/aromatic N) is 4. The number of aromatic nitrogens is 2. The Morgan fingerprint density at radius 3 is 2.07 bits per heavy atom. The van der Waals surface area contributed by atoms with Gasteiger partial charge >= 0.3 is 12.4 Å². The zero-order valence-electron chi connectivity index (χ0n) is 22.8. The SMILES string of the molecule is Cc1c(OC2CCC(Nc3ccc(F)c(C(F)(F)F)c3)CC2)ncnc1N1CCN(c2ccc(C(F)(F)F)cc2)CC1. The van der Waals surface area contributed by atoms with Gasteiger partial charge in [-0.25, -0.2) is 14.4 Å². The summed E-state index contributed by atoms with van der Waals surface area (Å²) in [5, 5.41) is 3.08. The van der Waals surface area contributed by atoms with E-state index in [2.05, 4.69) is 20.2 Å². The largest absolute Gasteiger partial charge is 0.474 e. The Bertz CT molecular complexity index is 1360. The van der Waals surface area contributed by atoms with Gasteiger partial charge in [-0.15, -0.1) is 0 Å². The maximum absolute atomic E-state index is 13.6. The van der Waals surface area contributed by atoms with E-state index < -0.39 is 29.3 Å². The van der Waals surface area contributed by atoms with Gasteiger partial charge in [-0.1, -0.05) is 0 Å². The van der Waals surface area contributed by atoms with Crippen molar-refractivity contribution in [1.29, 1.82) is 0 Å². The number of piperazine rings is 1. The van der Waals surface area contributed by atoms with Gasteiger partial charge in [-0.2, -0.15) is 26.3 Å². The van der Waals surface area contributed by atoms with Crippen molar-refractivity contribution in [2.75, 3.05) is 41.3 Å². The van der Waals surface area contributed by atoms with E-state index in [1.807, 2.05) is 11.8 Å². The Morgan fingerprint density at radius 1 is 0.810 bits per heavy atom. The summed E-state index contributed by atoms with van der Waals surface area (Å²) in [7, 11) is 0. The van der Waals surface area contributed by atoms with Crippen molar-refractivity contribution in [3.8, 4) is 5.88 Å². The third-order valence-electron chi connectivity index (χ3n) is 7.75. The minimum atomic E-state index is -4.76. The van der Waals surface area contributed by atoms with Gasteiger partial charge in [0.25, 0.3) is 0 Å². The van der Waals surface area contributed by atoms with Crippen molar-refractivity contribution in [3.05, 3.63) is 71.3 Å². The first kappa shape index (κ1) is 29.7. The average molecular weight is 598 g/mol. The van der Waals surface area contributed by atoms with Crippen molar-refractivity contribution < 1.29 is 35.5 Å². The topological polar surface area (TPSA) is 53.5 Å². The second-order valence-electron chi connectivity index (χ2n) is 10.6. The number of hydrogen-bond donors (Lipinski definition) is 1. The number of hydrogen-bond acceptors (Lipinski definition) is 6. The average Bonchev–Trinajstić information content (AvgIpc) is 2.95. The maximum atomic E-state index is 13.6. The second-order valence-corrected chi connectivity index (χ2v) is 10.6. The van der Waals surface area contributed by atoms with Gasteiger partial charge in [0.2, 0.25) is 5.88 Å². The summed E-state index contributed by atoms with van der Waals surface area (Å²) < 4.78 is 97.6. The molecule has 0 unspecified atom stereocenters. The van der Waals surface area contributed by atoms with Crippen LogP contribution >= 0.6 is 0 Å². The molecule has 3 aromatic rings. The van der Waals surface area contributed by atoms with E-state index in [-0.39, 0.29) is 17.8 Å². The summed E-state index contributed by atoms with van der Waals surface area (Å²) in [6.07, 6.45) is -5.17. The minimum absolute atomic E-state index is 0.0700. The van der Waals surface area contributed by atoms with E-state index in [1.165, 1.54) is 24.5 Å². The summed E-state index contributed by atoms with van der Waals surface area (Å²) in [4.78, 5) is 12.9. The van der Waals surface area contributed by atoms with Gasteiger partial charge in [0.15, 0.2) is 0 Å². The lowest BCUT2D eigenvalue weighted by molar-refractivity contribution is -0.140. The fraction of sp³-hybridized carbons (Fsp3) is 0.448. The number of rotatable bonds is 6. The standard InChI is InChI=1S/C29H30F7N5O/c1-18-26(41-14-12-40(13-15-41)22-7-2-19(3-8-22)28(31,32)33)37-17-38-27(18)42-23-9-4-20(5-10-23)39-21-6-11-25(30)24(16-21)29(34,35)36/h2-3,6-8,11,16-17,20,23,39H,4-5,9-10,12-15H2,1H3. The Kier molecular flexibility index (Phi) is 8.38. The van der Waals surface area contributed by atoms with E-state index in [4.69, 9.17) is 4.74 Å². The highest BCUT2D eigenvalue weighted by Gasteiger charge is 2.35. The van der Waals surface area contributed by atoms with Gasteiger partial charge in [0.05, 0.1) is 16.7 Å². The first-order chi connectivity index (χ1) is 19.9. The van der Waals surface area contributed by atoms with Crippen LogP contribution in [0.15, 0.2) is 48.8 Å². The lowest BCUT2D eigenvalue weighted by atomic mass is 9.92. The molecular weight excluding hydrogens is 567 g/mol. The van der Waals surface area contributed by atoms with E-state index in [1.54, 1.807) is 0 Å². The number of ether oxygens (including phenoxy) is 1. The van der Waals surface area contributed by atoms with E-state index >= 15 is 0 Å². The van der Waals surface area contributed by atoms with E-state index in [0.29, 0.717) is 57.7 Å². The molecule has 1 N–H and O–H groups in total. The van der Waals surface area contributed by atoms with Crippen LogP contribution in [0.3, 0.4) is 0 Å². The molecule has 0 atom stereocenters. The Hall–Kier alpha value is -3.77. The molecule has 2 heterocycles. The lowest BCUT2D eigenvalue weighted by Crippen LogP contribution is -2.47. The molecule has 1 aliphatic carbocycles. The maximum Gasteiger partial charge on any atom is 0.419 e. The van der Waals surface area contributed by atoms with Crippen molar-refractivity contribution in [3.63, 3.8) is 0 Å². The van der Waals surface area contributed by atoms with Crippen molar-refractivity contribution in [1.82, 2.24) is 9.97 Å². The molecule has 5 rings (SSSR count). The smallest absolute Gasteiger partial charge is 0.419 e. The normalized spacial score (nSPS) is 20.0. The van der Waals surface area contributed by atoms with Crippen molar-refractivity contribution in [2.45, 2.75) is 57.1 Å². The molecule has 0 spiro atoms. The fourth-order valence-corrected chi connectivity index (χ4v) is 5.45. The lowest BCUT2D eigenvalue weighted by Gasteiger charge is -2.37. The number of anilines is 3. The molecule has 0 amide bonds. The highest BCUT2D eigenvalue weighted by molar-refractivity contribution is 5.54. The van der Waals surface area contributed by atoms with Crippen molar-refractivity contribution >= 4 is 17.2 Å². The summed E-state index contributed by atoms with van der Waals surface area (Å²) in [6, 6.07) is 8.03. The monoisotopic (exact) mass is 597 g/mol. The molecule has 1 saturated heterocycles. The molecule has 2 fully saturated rings. The molecule has 0 radical (unpaired) electrons. The minimum Gasteiger partial charge on any atom is -0.474 e. The highest BCUT2D eigenvalue weighted by Crippen LogP contribution is 2.35. The van der Waals surface area contributed by atoms with Crippen LogP contribution in [0.5, 0.6) is 5.88 Å². The van der Waals surface area contributed by atoms with E-state index in [0.717, 1.165) is 41.3 Å². The fourth-order valence-electron chi connectivity index (χ4n) is 5.45. The van der Waals surface area contributed by atoms with Crippen LogP contribution in [0.25, 0.3) is 0 Å². The Morgan fingerprint density at radius 2 is 1.45 bits per heavy atom. The van der Waals surface area contributed by atoms with Gasteiger partial charge in [-0.3, -0.25) is 0 Å². The predicted octanol–water partition coefficient (Wildman–Crippen LogP) is 7.09. The van der Waals surface area contributed by atoms with Crippen LogP contribution in [0.1, 0.15) is 42.4 Å².